The number of thioether (sulfide) groups is 1. The molecule has 0 fully saturated rings. The molecule has 3 heteroatoms. The third-order valence-electron chi connectivity index (χ3n) is 3.35. The van der Waals surface area contributed by atoms with Crippen LogP contribution < -0.4 is 4.74 Å². The molecule has 0 saturated heterocycles. The van der Waals surface area contributed by atoms with E-state index in [0.29, 0.717) is 5.25 Å². The molecule has 0 amide bonds. The van der Waals surface area contributed by atoms with Crippen molar-refractivity contribution in [1.82, 2.24) is 0 Å². The smallest absolute Gasteiger partial charge is 0.118 e. The van der Waals surface area contributed by atoms with Gasteiger partial charge in [-0.25, -0.2) is 0 Å². The van der Waals surface area contributed by atoms with E-state index in [1.54, 1.807) is 7.11 Å². The van der Waals surface area contributed by atoms with Gasteiger partial charge in [0.25, 0.3) is 0 Å². The maximum atomic E-state index is 5.21. The van der Waals surface area contributed by atoms with Crippen LogP contribution >= 0.6 is 11.8 Å². The van der Waals surface area contributed by atoms with Crippen molar-refractivity contribution >= 4 is 23.2 Å². The molecule has 0 aromatic heterocycles. The Morgan fingerprint density at radius 3 is 2.60 bits per heavy atom. The molecule has 0 spiro atoms. The summed E-state index contributed by atoms with van der Waals surface area (Å²) in [6, 6.07) is 16.5. The number of nitrogens with zero attached hydrogens (tertiary/aromatic N) is 1. The van der Waals surface area contributed by atoms with Gasteiger partial charge in [0.2, 0.25) is 0 Å². The van der Waals surface area contributed by atoms with E-state index in [9.17, 15) is 0 Å². The van der Waals surface area contributed by atoms with Gasteiger partial charge in [0.1, 0.15) is 5.75 Å². The summed E-state index contributed by atoms with van der Waals surface area (Å²) >= 11 is 1.90. The van der Waals surface area contributed by atoms with Crippen LogP contribution in [-0.4, -0.2) is 18.1 Å². The molecule has 20 heavy (non-hydrogen) atoms. The Bertz CT molecular complexity index is 634. The summed E-state index contributed by atoms with van der Waals surface area (Å²) in [6.45, 7) is 2.26. The van der Waals surface area contributed by atoms with Crippen LogP contribution in [0.5, 0.6) is 5.75 Å². The molecule has 102 valence electrons. The molecule has 0 N–H and O–H groups in total. The van der Waals surface area contributed by atoms with E-state index in [1.165, 1.54) is 10.5 Å². The molecule has 3 rings (SSSR count). The van der Waals surface area contributed by atoms with Crippen molar-refractivity contribution in [3.8, 4) is 5.75 Å². The number of hydrogen-bond donors (Lipinski definition) is 0. The molecule has 0 unspecified atom stereocenters. The Morgan fingerprint density at radius 2 is 1.85 bits per heavy atom. The van der Waals surface area contributed by atoms with Crippen LogP contribution in [0.2, 0.25) is 0 Å². The van der Waals surface area contributed by atoms with Gasteiger partial charge in [0.15, 0.2) is 0 Å². The number of aliphatic imine (C=N–C) groups is 1. The summed E-state index contributed by atoms with van der Waals surface area (Å²) in [4.78, 5) is 6.14. The normalized spacial score (nSPS) is 17.9. The predicted octanol–water partition coefficient (Wildman–Crippen LogP) is 4.70. The van der Waals surface area contributed by atoms with Gasteiger partial charge in [-0.2, -0.15) is 0 Å². The lowest BCUT2D eigenvalue weighted by Gasteiger charge is -2.09. The Hall–Kier alpha value is -1.74. The second-order valence-electron chi connectivity index (χ2n) is 4.89. The first kappa shape index (κ1) is 13.3. The first-order valence-corrected chi connectivity index (χ1v) is 7.62. The minimum atomic E-state index is 0.527. The quantitative estimate of drug-likeness (QED) is 0.796. The number of rotatable bonds is 2. The average Bonchev–Trinajstić information content (AvgIpc) is 2.65. The van der Waals surface area contributed by atoms with Crippen LogP contribution in [0, 0.1) is 0 Å². The third-order valence-corrected chi connectivity index (χ3v) is 4.52. The largest absolute Gasteiger partial charge is 0.497 e. The molecule has 0 aliphatic carbocycles. The standard InChI is InChI=1S/C17H17NOS/c1-12-11-16(13-7-9-14(19-2)10-8-13)18-15-5-3-4-6-17(15)20-12/h3-10,12H,11H2,1-2H3/t12-/m0/s1. The summed E-state index contributed by atoms with van der Waals surface area (Å²) in [5, 5.41) is 0.527. The summed E-state index contributed by atoms with van der Waals surface area (Å²) < 4.78 is 5.21. The number of fused-ring (bicyclic) bond motifs is 1. The fourth-order valence-corrected chi connectivity index (χ4v) is 3.40. The van der Waals surface area contributed by atoms with Crippen molar-refractivity contribution in [2.75, 3.05) is 7.11 Å². The van der Waals surface area contributed by atoms with Crippen LogP contribution in [0.1, 0.15) is 18.9 Å². The molecular formula is C17H17NOS. The Kier molecular flexibility index (Phi) is 3.79. The minimum Gasteiger partial charge on any atom is -0.497 e. The van der Waals surface area contributed by atoms with Gasteiger partial charge in [0, 0.05) is 22.3 Å². The van der Waals surface area contributed by atoms with Gasteiger partial charge < -0.3 is 4.74 Å². The molecule has 0 bridgehead atoms. The van der Waals surface area contributed by atoms with Crippen LogP contribution in [0.4, 0.5) is 5.69 Å². The monoisotopic (exact) mass is 283 g/mol. The minimum absolute atomic E-state index is 0.527. The lowest BCUT2D eigenvalue weighted by molar-refractivity contribution is 0.415. The first-order valence-electron chi connectivity index (χ1n) is 6.74. The van der Waals surface area contributed by atoms with Gasteiger partial charge in [-0.05, 0) is 42.0 Å². The van der Waals surface area contributed by atoms with Crippen LogP contribution in [0.25, 0.3) is 0 Å². The van der Waals surface area contributed by atoms with Gasteiger partial charge in [-0.3, -0.25) is 4.99 Å². The fourth-order valence-electron chi connectivity index (χ4n) is 2.34. The third kappa shape index (κ3) is 2.73. The zero-order chi connectivity index (χ0) is 13.9. The van der Waals surface area contributed by atoms with E-state index >= 15 is 0 Å². The maximum absolute atomic E-state index is 5.21. The SMILES string of the molecule is COc1ccc(C2=Nc3ccccc3S[C@@H](C)C2)cc1. The number of ether oxygens (including phenoxy) is 1. The zero-order valence-electron chi connectivity index (χ0n) is 11.7. The number of benzene rings is 2. The van der Waals surface area contributed by atoms with E-state index < -0.39 is 0 Å². The number of hydrogen-bond acceptors (Lipinski definition) is 3. The second-order valence-corrected chi connectivity index (χ2v) is 6.37. The van der Waals surface area contributed by atoms with Crippen molar-refractivity contribution in [1.29, 1.82) is 0 Å². The van der Waals surface area contributed by atoms with Crippen molar-refractivity contribution in [3.63, 3.8) is 0 Å². The second kappa shape index (κ2) is 5.71. The highest BCUT2D eigenvalue weighted by Gasteiger charge is 2.17. The molecular weight excluding hydrogens is 266 g/mol. The van der Waals surface area contributed by atoms with Crippen molar-refractivity contribution in [2.45, 2.75) is 23.5 Å². The topological polar surface area (TPSA) is 21.6 Å². The lowest BCUT2D eigenvalue weighted by Crippen LogP contribution is -2.07. The van der Waals surface area contributed by atoms with E-state index in [-0.39, 0.29) is 0 Å². The molecule has 0 saturated carbocycles. The summed E-state index contributed by atoms with van der Waals surface area (Å²) in [6.07, 6.45) is 0.978. The summed E-state index contributed by atoms with van der Waals surface area (Å²) in [7, 11) is 1.69. The Morgan fingerprint density at radius 1 is 1.10 bits per heavy atom. The summed E-state index contributed by atoms with van der Waals surface area (Å²) in [5.74, 6) is 0.880. The molecule has 1 aliphatic heterocycles. The highest BCUT2D eigenvalue weighted by atomic mass is 32.2. The fraction of sp³-hybridized carbons (Fsp3) is 0.235. The van der Waals surface area contributed by atoms with E-state index in [1.807, 2.05) is 30.0 Å². The molecule has 1 atom stereocenters. The van der Waals surface area contributed by atoms with Crippen molar-refractivity contribution < 1.29 is 4.74 Å². The lowest BCUT2D eigenvalue weighted by atomic mass is 10.1. The van der Waals surface area contributed by atoms with Gasteiger partial charge in [0.05, 0.1) is 12.8 Å². The van der Waals surface area contributed by atoms with Gasteiger partial charge >= 0.3 is 0 Å². The molecule has 2 nitrogen and oxygen atoms in total. The van der Waals surface area contributed by atoms with Crippen LogP contribution in [-0.2, 0) is 0 Å². The number of para-hydroxylation sites is 1. The molecule has 1 aliphatic rings. The van der Waals surface area contributed by atoms with E-state index in [2.05, 4.69) is 37.3 Å². The molecule has 0 radical (unpaired) electrons. The van der Waals surface area contributed by atoms with Crippen LogP contribution in [0.3, 0.4) is 0 Å². The van der Waals surface area contributed by atoms with E-state index in [4.69, 9.17) is 9.73 Å². The average molecular weight is 283 g/mol. The molecule has 2 aromatic rings. The Balaban J connectivity index is 2.01. The van der Waals surface area contributed by atoms with E-state index in [0.717, 1.165) is 23.6 Å². The molecule has 1 heterocycles. The first-order chi connectivity index (χ1) is 9.76. The highest BCUT2D eigenvalue weighted by molar-refractivity contribution is 8.00. The predicted molar refractivity (Wildman–Crippen MR) is 85.6 cm³/mol. The zero-order valence-corrected chi connectivity index (χ0v) is 12.5. The van der Waals surface area contributed by atoms with Crippen molar-refractivity contribution in [3.05, 3.63) is 54.1 Å². The number of methoxy groups -OCH3 is 1. The van der Waals surface area contributed by atoms with Crippen molar-refractivity contribution in [2.24, 2.45) is 4.99 Å². The highest BCUT2D eigenvalue weighted by Crippen LogP contribution is 2.37. The van der Waals surface area contributed by atoms with Gasteiger partial charge in [-0.1, -0.05) is 19.1 Å². The van der Waals surface area contributed by atoms with Gasteiger partial charge in [-0.15, -0.1) is 11.8 Å². The maximum Gasteiger partial charge on any atom is 0.118 e. The van der Waals surface area contributed by atoms with Crippen LogP contribution in [0.15, 0.2) is 58.4 Å². The Labute approximate surface area is 123 Å². The summed E-state index contributed by atoms with van der Waals surface area (Å²) in [5.41, 5.74) is 3.40. The molecule has 2 aromatic carbocycles.